The lowest BCUT2D eigenvalue weighted by atomic mass is 10.0. The molecule has 96 valence electrons. The zero-order chi connectivity index (χ0) is 13.0. The Morgan fingerprint density at radius 1 is 1.38 bits per heavy atom. The molecule has 0 radical (unpaired) electrons. The molecule has 2 atom stereocenters. The van der Waals surface area contributed by atoms with Crippen molar-refractivity contribution in [2.75, 3.05) is 13.6 Å². The van der Waals surface area contributed by atoms with Gasteiger partial charge in [-0.25, -0.2) is 0 Å². The molecule has 2 N–H and O–H groups in total. The van der Waals surface area contributed by atoms with Crippen LogP contribution in [0, 0.1) is 5.92 Å². The first-order chi connectivity index (χ1) is 7.79. The van der Waals surface area contributed by atoms with E-state index in [9.17, 15) is 4.79 Å². The predicted molar refractivity (Wildman–Crippen MR) is 67.9 cm³/mol. The van der Waals surface area contributed by atoms with Gasteiger partial charge in [0.25, 0.3) is 0 Å². The van der Waals surface area contributed by atoms with E-state index in [1.807, 2.05) is 41.7 Å². The van der Waals surface area contributed by atoms with Crippen molar-refractivity contribution < 1.29 is 9.63 Å². The van der Waals surface area contributed by atoms with E-state index >= 15 is 0 Å². The highest BCUT2D eigenvalue weighted by Gasteiger charge is 2.28. The van der Waals surface area contributed by atoms with E-state index in [0.717, 1.165) is 18.5 Å². The third-order valence-electron chi connectivity index (χ3n) is 2.03. The molecule has 0 aromatic heterocycles. The van der Waals surface area contributed by atoms with Crippen LogP contribution in [0.5, 0.6) is 0 Å². The van der Waals surface area contributed by atoms with Crippen LogP contribution in [0.1, 0.15) is 34.6 Å². The second-order valence-corrected chi connectivity index (χ2v) is 2.86. The Morgan fingerprint density at radius 2 is 1.94 bits per heavy atom. The van der Waals surface area contributed by atoms with E-state index in [2.05, 4.69) is 10.8 Å². The first-order valence-electron chi connectivity index (χ1n) is 6.01. The molecule has 1 aliphatic heterocycles. The first-order valence-corrected chi connectivity index (χ1v) is 6.01. The van der Waals surface area contributed by atoms with Gasteiger partial charge < -0.3 is 5.32 Å². The number of aldehydes is 1. The quantitative estimate of drug-likeness (QED) is 0.574. The minimum atomic E-state index is 0.112. The second-order valence-electron chi connectivity index (χ2n) is 2.86. The SMILES string of the molecule is CC.CC.CNCC1ON/C(=C\C=O)C1C. The molecule has 0 aliphatic carbocycles. The van der Waals surface area contributed by atoms with Crippen LogP contribution in [0.4, 0.5) is 0 Å². The fourth-order valence-corrected chi connectivity index (χ4v) is 1.22. The van der Waals surface area contributed by atoms with Crippen molar-refractivity contribution in [1.82, 2.24) is 10.8 Å². The summed E-state index contributed by atoms with van der Waals surface area (Å²) in [6.07, 6.45) is 2.38. The number of carbonyl (C=O) groups is 1. The lowest BCUT2D eigenvalue weighted by Gasteiger charge is -2.10. The Morgan fingerprint density at radius 3 is 2.38 bits per heavy atom. The van der Waals surface area contributed by atoms with Crippen LogP contribution in [0.3, 0.4) is 0 Å². The third-order valence-corrected chi connectivity index (χ3v) is 2.03. The summed E-state index contributed by atoms with van der Waals surface area (Å²) in [5, 5.41) is 3.02. The molecule has 1 aliphatic rings. The third kappa shape index (κ3) is 5.88. The molecule has 2 unspecified atom stereocenters. The molecule has 16 heavy (non-hydrogen) atoms. The van der Waals surface area contributed by atoms with Gasteiger partial charge in [0.1, 0.15) is 12.4 Å². The number of rotatable bonds is 3. The van der Waals surface area contributed by atoms with Crippen LogP contribution in [-0.4, -0.2) is 26.0 Å². The normalized spacial score (nSPS) is 24.8. The molecule has 4 nitrogen and oxygen atoms in total. The molecule has 1 fully saturated rings. The van der Waals surface area contributed by atoms with Crippen molar-refractivity contribution in [2.45, 2.75) is 40.7 Å². The predicted octanol–water partition coefficient (Wildman–Crippen LogP) is 1.88. The Labute approximate surface area is 99.4 Å². The van der Waals surface area contributed by atoms with Crippen LogP contribution < -0.4 is 10.8 Å². The number of hydrogen-bond acceptors (Lipinski definition) is 4. The molecular weight excluding hydrogens is 204 g/mol. The molecule has 0 aromatic carbocycles. The van der Waals surface area contributed by atoms with Crippen LogP contribution >= 0.6 is 0 Å². The van der Waals surface area contributed by atoms with Gasteiger partial charge in [0.15, 0.2) is 0 Å². The molecule has 4 heteroatoms. The van der Waals surface area contributed by atoms with Gasteiger partial charge in [0.2, 0.25) is 0 Å². The van der Waals surface area contributed by atoms with Crippen molar-refractivity contribution in [3.63, 3.8) is 0 Å². The molecule has 1 heterocycles. The summed E-state index contributed by atoms with van der Waals surface area (Å²) >= 11 is 0. The summed E-state index contributed by atoms with van der Waals surface area (Å²) in [4.78, 5) is 15.4. The Balaban J connectivity index is 0. The van der Waals surface area contributed by atoms with Crippen molar-refractivity contribution in [1.29, 1.82) is 0 Å². The van der Waals surface area contributed by atoms with Gasteiger partial charge in [0, 0.05) is 18.2 Å². The number of carbonyl (C=O) groups excluding carboxylic acids is 1. The highest BCUT2D eigenvalue weighted by atomic mass is 16.7. The second kappa shape index (κ2) is 12.2. The van der Waals surface area contributed by atoms with E-state index in [4.69, 9.17) is 4.84 Å². The summed E-state index contributed by atoms with van der Waals surface area (Å²) in [7, 11) is 1.87. The summed E-state index contributed by atoms with van der Waals surface area (Å²) in [6.45, 7) is 10.8. The standard InChI is InChI=1S/C8H14N2O2.2C2H6/c1-6-7(3-4-11)10-12-8(6)5-9-2;2*1-2/h3-4,6,8-10H,5H2,1-2H3;2*1-2H3/b7-3-;;. The maximum absolute atomic E-state index is 10.2. The van der Waals surface area contributed by atoms with Crippen molar-refractivity contribution >= 4 is 6.29 Å². The zero-order valence-corrected chi connectivity index (χ0v) is 11.3. The number of likely N-dealkylation sites (N-methyl/N-ethyl adjacent to an activating group) is 1. The van der Waals surface area contributed by atoms with Crippen molar-refractivity contribution in [3.05, 3.63) is 11.8 Å². The molecule has 1 rings (SSSR count). The topological polar surface area (TPSA) is 50.4 Å². The van der Waals surface area contributed by atoms with Gasteiger partial charge >= 0.3 is 0 Å². The monoisotopic (exact) mass is 230 g/mol. The number of hydroxylamine groups is 1. The van der Waals surface area contributed by atoms with Crippen molar-refractivity contribution in [2.24, 2.45) is 5.92 Å². The zero-order valence-electron chi connectivity index (χ0n) is 11.3. The van der Waals surface area contributed by atoms with Gasteiger partial charge in [0.05, 0.1) is 0 Å². The molecule has 0 spiro atoms. The summed E-state index contributed by atoms with van der Waals surface area (Å²) < 4.78 is 0. The summed E-state index contributed by atoms with van der Waals surface area (Å²) in [6, 6.07) is 0. The summed E-state index contributed by atoms with van der Waals surface area (Å²) in [5.41, 5.74) is 3.58. The van der Waals surface area contributed by atoms with Gasteiger partial charge in [-0.1, -0.05) is 34.6 Å². The molecule has 1 saturated heterocycles. The number of hydrogen-bond donors (Lipinski definition) is 2. The molecular formula is C12H26N2O2. The minimum Gasteiger partial charge on any atom is -0.317 e. The number of allylic oxidation sites excluding steroid dienone is 1. The average Bonchev–Trinajstić information content (AvgIpc) is 2.68. The fraction of sp³-hybridized carbons (Fsp3) is 0.750. The van der Waals surface area contributed by atoms with Gasteiger partial charge in [-0.15, -0.1) is 0 Å². The largest absolute Gasteiger partial charge is 0.317 e. The number of nitrogens with one attached hydrogen (secondary N) is 2. The van der Waals surface area contributed by atoms with E-state index in [1.165, 1.54) is 6.08 Å². The van der Waals surface area contributed by atoms with E-state index < -0.39 is 0 Å². The van der Waals surface area contributed by atoms with Gasteiger partial charge in [-0.05, 0) is 13.1 Å². The van der Waals surface area contributed by atoms with Gasteiger partial charge in [-0.2, -0.15) is 0 Å². The van der Waals surface area contributed by atoms with Gasteiger partial charge in [-0.3, -0.25) is 15.1 Å². The molecule has 0 saturated carbocycles. The maximum atomic E-state index is 10.2. The Bertz CT molecular complexity index is 193. The molecule has 0 amide bonds. The minimum absolute atomic E-state index is 0.112. The Hall–Kier alpha value is -0.870. The average molecular weight is 230 g/mol. The maximum Gasteiger partial charge on any atom is 0.144 e. The van der Waals surface area contributed by atoms with Crippen molar-refractivity contribution in [3.8, 4) is 0 Å². The lowest BCUT2D eigenvalue weighted by Crippen LogP contribution is -2.27. The van der Waals surface area contributed by atoms with E-state index in [-0.39, 0.29) is 12.0 Å². The highest BCUT2D eigenvalue weighted by molar-refractivity contribution is 5.66. The van der Waals surface area contributed by atoms with Crippen LogP contribution in [0.15, 0.2) is 11.8 Å². The lowest BCUT2D eigenvalue weighted by molar-refractivity contribution is -0.104. The summed E-state index contributed by atoms with van der Waals surface area (Å²) in [5.74, 6) is 0.252. The van der Waals surface area contributed by atoms with E-state index in [1.54, 1.807) is 0 Å². The van der Waals surface area contributed by atoms with E-state index in [0.29, 0.717) is 0 Å². The van der Waals surface area contributed by atoms with Crippen LogP contribution in [-0.2, 0) is 9.63 Å². The van der Waals surface area contributed by atoms with Crippen LogP contribution in [0.25, 0.3) is 0 Å². The first kappa shape index (κ1) is 17.5. The smallest absolute Gasteiger partial charge is 0.144 e. The Kier molecular flexibility index (Phi) is 13.4. The fourth-order valence-electron chi connectivity index (χ4n) is 1.22. The highest BCUT2D eigenvalue weighted by Crippen LogP contribution is 2.20. The van der Waals surface area contributed by atoms with Crippen LogP contribution in [0.2, 0.25) is 0 Å². The molecule has 0 bridgehead atoms. The molecule has 0 aromatic rings.